The minimum Gasteiger partial charge on any atom is -0.323 e. The summed E-state index contributed by atoms with van der Waals surface area (Å²) in [6.07, 6.45) is -4.66. The lowest BCUT2D eigenvalue weighted by Crippen LogP contribution is -2.24. The Hall–Kier alpha value is -1.34. The maximum atomic E-state index is 13.5. The number of nitrogens with two attached hydrogens (primary N) is 1. The van der Waals surface area contributed by atoms with Crippen molar-refractivity contribution in [2.75, 3.05) is 5.84 Å². The molecule has 1 fully saturated rings. The molecule has 1 aromatic heterocycles. The van der Waals surface area contributed by atoms with Crippen LogP contribution in [-0.4, -0.2) is 9.89 Å². The lowest BCUT2D eigenvalue weighted by molar-refractivity contribution is -0.142. The fourth-order valence-corrected chi connectivity index (χ4v) is 2.43. The van der Waals surface area contributed by atoms with Crippen LogP contribution in [0.25, 0.3) is 0 Å². The van der Waals surface area contributed by atoms with E-state index < -0.39 is 40.9 Å². The SMILES string of the molecule is Nn1nc(C(F)(F)F)c2c1C(F)(F)C1CC21. The summed E-state index contributed by atoms with van der Waals surface area (Å²) in [6.45, 7) is 0. The summed E-state index contributed by atoms with van der Waals surface area (Å²) in [4.78, 5) is 0.171. The largest absolute Gasteiger partial charge is 0.435 e. The molecule has 1 aromatic rings. The van der Waals surface area contributed by atoms with Gasteiger partial charge in [0.05, 0.1) is 0 Å². The van der Waals surface area contributed by atoms with Gasteiger partial charge in [-0.05, 0) is 12.3 Å². The first-order valence-corrected chi connectivity index (χ1v) is 4.58. The Morgan fingerprint density at radius 3 is 2.56 bits per heavy atom. The van der Waals surface area contributed by atoms with Crippen LogP contribution in [0.3, 0.4) is 0 Å². The van der Waals surface area contributed by atoms with Crippen LogP contribution in [0, 0.1) is 5.92 Å². The molecule has 8 heteroatoms. The summed E-state index contributed by atoms with van der Waals surface area (Å²) in [5, 5.41) is 2.97. The van der Waals surface area contributed by atoms with E-state index in [-0.39, 0.29) is 11.2 Å². The third-order valence-corrected chi connectivity index (χ3v) is 3.16. The summed E-state index contributed by atoms with van der Waals surface area (Å²) in [6, 6.07) is 0. The second-order valence-electron chi connectivity index (χ2n) is 4.12. The Labute approximate surface area is 86.0 Å². The van der Waals surface area contributed by atoms with E-state index in [4.69, 9.17) is 5.84 Å². The van der Waals surface area contributed by atoms with Crippen molar-refractivity contribution >= 4 is 0 Å². The Morgan fingerprint density at radius 1 is 1.38 bits per heavy atom. The van der Waals surface area contributed by atoms with Crippen LogP contribution in [0.2, 0.25) is 0 Å². The first kappa shape index (κ1) is 9.86. The van der Waals surface area contributed by atoms with Crippen LogP contribution in [0.15, 0.2) is 0 Å². The quantitative estimate of drug-likeness (QED) is 0.554. The molecular formula is C8H6F5N3. The zero-order valence-corrected chi connectivity index (χ0v) is 7.72. The van der Waals surface area contributed by atoms with Gasteiger partial charge < -0.3 is 5.84 Å². The van der Waals surface area contributed by atoms with Gasteiger partial charge in [-0.15, -0.1) is 5.10 Å². The molecule has 0 aromatic carbocycles. The number of halogens is 5. The highest BCUT2D eigenvalue weighted by Crippen LogP contribution is 2.68. The first-order valence-electron chi connectivity index (χ1n) is 4.58. The van der Waals surface area contributed by atoms with E-state index in [2.05, 4.69) is 5.10 Å². The average Bonchev–Trinajstić information content (AvgIpc) is 2.76. The maximum absolute atomic E-state index is 13.5. The Morgan fingerprint density at radius 2 is 2.00 bits per heavy atom. The van der Waals surface area contributed by atoms with E-state index >= 15 is 0 Å². The fraction of sp³-hybridized carbons (Fsp3) is 0.625. The summed E-state index contributed by atoms with van der Waals surface area (Å²) in [5.74, 6) is 0.0187. The minimum atomic E-state index is -4.73. The van der Waals surface area contributed by atoms with Gasteiger partial charge in [0, 0.05) is 11.5 Å². The zero-order chi connectivity index (χ0) is 11.9. The van der Waals surface area contributed by atoms with E-state index in [1.165, 1.54) is 0 Å². The van der Waals surface area contributed by atoms with Crippen molar-refractivity contribution in [2.24, 2.45) is 5.92 Å². The molecule has 3 nitrogen and oxygen atoms in total. The highest BCUT2D eigenvalue weighted by atomic mass is 19.4. The van der Waals surface area contributed by atoms with Crippen molar-refractivity contribution < 1.29 is 22.0 Å². The van der Waals surface area contributed by atoms with Gasteiger partial charge in [-0.3, -0.25) is 0 Å². The standard InChI is InChI=1S/C8H6F5N3/c9-7(10)3-1-2(3)4-5(8(11,12)13)15-16(14)6(4)7/h2-3H,1,14H2. The lowest BCUT2D eigenvalue weighted by atomic mass is 10.1. The normalized spacial score (nSPS) is 30.1. The van der Waals surface area contributed by atoms with Crippen LogP contribution in [0.1, 0.15) is 29.3 Å². The van der Waals surface area contributed by atoms with Gasteiger partial charge in [-0.2, -0.15) is 26.7 Å². The third-order valence-electron chi connectivity index (χ3n) is 3.16. The summed E-state index contributed by atoms with van der Waals surface area (Å²) in [7, 11) is 0. The zero-order valence-electron chi connectivity index (χ0n) is 7.72. The molecule has 0 spiro atoms. The predicted octanol–water partition coefficient (Wildman–Crippen LogP) is 1.82. The summed E-state index contributed by atoms with van der Waals surface area (Å²) in [5.41, 5.74) is -2.46. The molecule has 0 aliphatic heterocycles. The molecule has 16 heavy (non-hydrogen) atoms. The Balaban J connectivity index is 2.25. The third kappa shape index (κ3) is 0.946. The topological polar surface area (TPSA) is 43.8 Å². The number of rotatable bonds is 0. The second kappa shape index (κ2) is 2.33. The first-order chi connectivity index (χ1) is 7.24. The van der Waals surface area contributed by atoms with Crippen LogP contribution in [-0.2, 0) is 12.1 Å². The van der Waals surface area contributed by atoms with Crippen LogP contribution >= 0.6 is 0 Å². The number of hydrogen-bond acceptors (Lipinski definition) is 2. The molecule has 1 heterocycles. The average molecular weight is 239 g/mol. The molecular weight excluding hydrogens is 233 g/mol. The number of nitrogen functional groups attached to an aromatic ring is 1. The van der Waals surface area contributed by atoms with Crippen molar-refractivity contribution in [1.29, 1.82) is 0 Å². The molecule has 2 unspecified atom stereocenters. The van der Waals surface area contributed by atoms with Crippen LogP contribution in [0.4, 0.5) is 22.0 Å². The highest BCUT2D eigenvalue weighted by Gasteiger charge is 2.68. The molecule has 3 rings (SSSR count). The number of alkyl halides is 5. The van der Waals surface area contributed by atoms with Crippen LogP contribution in [0.5, 0.6) is 0 Å². The van der Waals surface area contributed by atoms with E-state index in [0.717, 1.165) is 0 Å². The van der Waals surface area contributed by atoms with Gasteiger partial charge in [-0.1, -0.05) is 0 Å². The van der Waals surface area contributed by atoms with E-state index in [1.54, 1.807) is 0 Å². The fourth-order valence-electron chi connectivity index (χ4n) is 2.43. The molecule has 2 aliphatic carbocycles. The van der Waals surface area contributed by atoms with E-state index in [9.17, 15) is 22.0 Å². The molecule has 88 valence electrons. The van der Waals surface area contributed by atoms with Crippen molar-refractivity contribution in [2.45, 2.75) is 24.4 Å². The monoisotopic (exact) mass is 239 g/mol. The van der Waals surface area contributed by atoms with Crippen molar-refractivity contribution in [3.63, 3.8) is 0 Å². The second-order valence-corrected chi connectivity index (χ2v) is 4.12. The van der Waals surface area contributed by atoms with Gasteiger partial charge in [0.15, 0.2) is 5.69 Å². The summed E-state index contributed by atoms with van der Waals surface area (Å²) < 4.78 is 64.6. The van der Waals surface area contributed by atoms with Gasteiger partial charge in [0.1, 0.15) is 5.69 Å². The molecule has 2 N–H and O–H groups in total. The predicted molar refractivity (Wildman–Crippen MR) is 42.1 cm³/mol. The number of aromatic nitrogens is 2. The van der Waals surface area contributed by atoms with Gasteiger partial charge >= 0.3 is 6.18 Å². The van der Waals surface area contributed by atoms with Crippen LogP contribution < -0.4 is 5.84 Å². The summed E-state index contributed by atoms with van der Waals surface area (Å²) >= 11 is 0. The molecule has 1 saturated carbocycles. The smallest absolute Gasteiger partial charge is 0.323 e. The molecule has 2 atom stereocenters. The van der Waals surface area contributed by atoms with Crippen molar-refractivity contribution in [3.05, 3.63) is 17.0 Å². The minimum absolute atomic E-state index is 0.0781. The van der Waals surface area contributed by atoms with Gasteiger partial charge in [0.2, 0.25) is 0 Å². The molecule has 0 saturated heterocycles. The molecule has 0 radical (unpaired) electrons. The van der Waals surface area contributed by atoms with Crippen molar-refractivity contribution in [1.82, 2.24) is 9.89 Å². The van der Waals surface area contributed by atoms with Gasteiger partial charge in [-0.25, -0.2) is 0 Å². The molecule has 0 amide bonds. The van der Waals surface area contributed by atoms with E-state index in [1.807, 2.05) is 0 Å². The lowest BCUT2D eigenvalue weighted by Gasteiger charge is -2.12. The van der Waals surface area contributed by atoms with Crippen molar-refractivity contribution in [3.8, 4) is 0 Å². The highest BCUT2D eigenvalue weighted by molar-refractivity contribution is 5.46. The number of fused-ring (bicyclic) bond motifs is 3. The number of hydrogen-bond donors (Lipinski definition) is 1. The Kier molecular flexibility index (Phi) is 1.43. The maximum Gasteiger partial charge on any atom is 0.435 e. The van der Waals surface area contributed by atoms with E-state index in [0.29, 0.717) is 0 Å². The van der Waals surface area contributed by atoms with Gasteiger partial charge in [0.25, 0.3) is 5.92 Å². The number of nitrogens with zero attached hydrogens (tertiary/aromatic N) is 2. The molecule has 2 aliphatic rings. The molecule has 0 bridgehead atoms. The Bertz CT molecular complexity index is 475.